The molecule has 4 N–H and O–H groups in total. The fourth-order valence-electron chi connectivity index (χ4n) is 4.69. The van der Waals surface area contributed by atoms with E-state index in [9.17, 15) is 18.7 Å². The molecular formula is C27H37F2N3O2. The number of rotatable bonds is 8. The standard InChI is InChI=1S/C27H37F2N3O2/c1-17(33)32-24(13-19-10-20(28)14-21(29)11-19)25(34)16-31-27(5)8-9-30-23-7-6-18(12-22(23)27)15-26(2,3)4/h6-7,10-12,14,24-25,30-31,34H,8-9,13,15-16H2,1-5H3,(H,32,33)/t24-,25+,27-/m0/s1. The average molecular weight is 474 g/mol. The number of hydrogen-bond acceptors (Lipinski definition) is 4. The second-order valence-electron chi connectivity index (χ2n) is 10.9. The van der Waals surface area contributed by atoms with Crippen molar-refractivity contribution in [1.29, 1.82) is 0 Å². The van der Waals surface area contributed by atoms with Crippen LogP contribution in [0.3, 0.4) is 0 Å². The van der Waals surface area contributed by atoms with Crippen molar-refractivity contribution in [2.75, 3.05) is 18.4 Å². The normalized spacial score (nSPS) is 19.6. The van der Waals surface area contributed by atoms with E-state index in [1.54, 1.807) is 0 Å². The van der Waals surface area contributed by atoms with Crippen molar-refractivity contribution in [3.8, 4) is 0 Å². The maximum absolute atomic E-state index is 13.7. The van der Waals surface area contributed by atoms with Crippen LogP contribution in [0.15, 0.2) is 36.4 Å². The molecule has 7 heteroatoms. The van der Waals surface area contributed by atoms with Gasteiger partial charge in [0.25, 0.3) is 0 Å². The first-order chi connectivity index (χ1) is 15.8. The number of carbonyl (C=O) groups excluding carboxylic acids is 1. The van der Waals surface area contributed by atoms with Gasteiger partial charge in [0, 0.05) is 37.3 Å². The lowest BCUT2D eigenvalue weighted by molar-refractivity contribution is -0.120. The molecule has 0 aliphatic carbocycles. The predicted octanol–water partition coefficient (Wildman–Crippen LogP) is 4.28. The fourth-order valence-corrected chi connectivity index (χ4v) is 4.69. The van der Waals surface area contributed by atoms with Crippen molar-refractivity contribution >= 4 is 11.6 Å². The first-order valence-electron chi connectivity index (χ1n) is 11.9. The zero-order valence-electron chi connectivity index (χ0n) is 20.8. The Labute approximate surface area is 201 Å². The Morgan fingerprint density at radius 1 is 1.15 bits per heavy atom. The molecule has 0 aromatic heterocycles. The summed E-state index contributed by atoms with van der Waals surface area (Å²) in [6, 6.07) is 9.06. The first kappa shape index (κ1) is 26.1. The highest BCUT2D eigenvalue weighted by Crippen LogP contribution is 2.36. The molecule has 0 unspecified atom stereocenters. The van der Waals surface area contributed by atoms with Gasteiger partial charge in [-0.25, -0.2) is 8.78 Å². The van der Waals surface area contributed by atoms with Gasteiger partial charge in [-0.15, -0.1) is 0 Å². The van der Waals surface area contributed by atoms with Gasteiger partial charge in [-0.3, -0.25) is 4.79 Å². The lowest BCUT2D eigenvalue weighted by Crippen LogP contribution is -2.53. The lowest BCUT2D eigenvalue weighted by atomic mass is 9.81. The minimum Gasteiger partial charge on any atom is -0.390 e. The molecule has 3 atom stereocenters. The van der Waals surface area contributed by atoms with E-state index in [1.165, 1.54) is 24.6 Å². The second kappa shape index (κ2) is 10.4. The van der Waals surface area contributed by atoms with Crippen LogP contribution in [0.5, 0.6) is 0 Å². The van der Waals surface area contributed by atoms with Crippen LogP contribution in [0.2, 0.25) is 0 Å². The van der Waals surface area contributed by atoms with Gasteiger partial charge in [0.15, 0.2) is 0 Å². The van der Waals surface area contributed by atoms with Gasteiger partial charge in [-0.1, -0.05) is 32.9 Å². The molecule has 2 aromatic rings. The summed E-state index contributed by atoms with van der Waals surface area (Å²) in [6.45, 7) is 11.1. The van der Waals surface area contributed by atoms with Crippen LogP contribution in [-0.2, 0) is 23.2 Å². The molecule has 1 aliphatic rings. The van der Waals surface area contributed by atoms with Gasteiger partial charge >= 0.3 is 0 Å². The van der Waals surface area contributed by atoms with Crippen molar-refractivity contribution in [2.24, 2.45) is 5.41 Å². The van der Waals surface area contributed by atoms with Crippen LogP contribution in [0.1, 0.15) is 57.7 Å². The van der Waals surface area contributed by atoms with Crippen LogP contribution >= 0.6 is 0 Å². The molecule has 0 saturated heterocycles. The Balaban J connectivity index is 1.76. The van der Waals surface area contributed by atoms with Crippen molar-refractivity contribution in [3.05, 3.63) is 64.7 Å². The van der Waals surface area contributed by atoms with Crippen LogP contribution in [-0.4, -0.2) is 36.2 Å². The Morgan fingerprint density at radius 2 is 1.82 bits per heavy atom. The summed E-state index contributed by atoms with van der Waals surface area (Å²) in [6.07, 6.45) is 0.935. The van der Waals surface area contributed by atoms with Crippen molar-refractivity contribution in [3.63, 3.8) is 0 Å². The molecule has 1 aliphatic heterocycles. The third-order valence-corrected chi connectivity index (χ3v) is 6.29. The molecule has 0 spiro atoms. The number of halogens is 2. The molecule has 1 amide bonds. The first-order valence-corrected chi connectivity index (χ1v) is 11.9. The quantitative estimate of drug-likeness (QED) is 0.462. The van der Waals surface area contributed by atoms with Crippen molar-refractivity contribution in [1.82, 2.24) is 10.6 Å². The molecule has 0 saturated carbocycles. The summed E-state index contributed by atoms with van der Waals surface area (Å²) >= 11 is 0. The largest absolute Gasteiger partial charge is 0.390 e. The van der Waals surface area contributed by atoms with Crippen LogP contribution in [0.4, 0.5) is 14.5 Å². The minimum atomic E-state index is -0.955. The summed E-state index contributed by atoms with van der Waals surface area (Å²) in [5.74, 6) is -1.69. The van der Waals surface area contributed by atoms with E-state index in [-0.39, 0.29) is 29.8 Å². The number of aliphatic hydroxyl groups excluding tert-OH is 1. The Hall–Kier alpha value is -2.51. The van der Waals surface area contributed by atoms with Gasteiger partial charge in [0.2, 0.25) is 5.91 Å². The molecule has 186 valence electrons. The molecular weight excluding hydrogens is 436 g/mol. The van der Waals surface area contributed by atoms with E-state index in [4.69, 9.17) is 0 Å². The highest BCUT2D eigenvalue weighted by molar-refractivity contribution is 5.73. The molecule has 34 heavy (non-hydrogen) atoms. The molecule has 0 radical (unpaired) electrons. The fraction of sp³-hybridized carbons (Fsp3) is 0.519. The molecule has 1 heterocycles. The van der Waals surface area contributed by atoms with E-state index in [0.717, 1.165) is 36.7 Å². The monoisotopic (exact) mass is 473 g/mol. The summed E-state index contributed by atoms with van der Waals surface area (Å²) in [4.78, 5) is 11.8. The number of aliphatic hydroxyl groups is 1. The predicted molar refractivity (Wildman–Crippen MR) is 132 cm³/mol. The van der Waals surface area contributed by atoms with Crippen molar-refractivity contribution < 1.29 is 18.7 Å². The average Bonchev–Trinajstić information content (AvgIpc) is 2.70. The van der Waals surface area contributed by atoms with E-state index < -0.39 is 23.8 Å². The van der Waals surface area contributed by atoms with Gasteiger partial charge < -0.3 is 21.1 Å². The number of fused-ring (bicyclic) bond motifs is 1. The Kier molecular flexibility index (Phi) is 7.98. The SMILES string of the molecule is CC(=O)N[C@@H](Cc1cc(F)cc(F)c1)[C@H](O)CN[C@@]1(C)CCNc2ccc(CC(C)(C)C)cc21. The number of nitrogens with one attached hydrogen (secondary N) is 3. The number of hydrogen-bond donors (Lipinski definition) is 4. The zero-order valence-corrected chi connectivity index (χ0v) is 20.8. The van der Waals surface area contributed by atoms with E-state index >= 15 is 0 Å². The molecule has 2 aromatic carbocycles. The van der Waals surface area contributed by atoms with E-state index in [2.05, 4.69) is 61.8 Å². The highest BCUT2D eigenvalue weighted by atomic mass is 19.1. The van der Waals surface area contributed by atoms with Crippen LogP contribution < -0.4 is 16.0 Å². The van der Waals surface area contributed by atoms with Crippen molar-refractivity contribution in [2.45, 2.75) is 71.6 Å². The molecule has 0 fully saturated rings. The van der Waals surface area contributed by atoms with E-state index in [1.807, 2.05) is 0 Å². The highest BCUT2D eigenvalue weighted by Gasteiger charge is 2.33. The van der Waals surface area contributed by atoms with Gasteiger partial charge in [0.1, 0.15) is 11.6 Å². The van der Waals surface area contributed by atoms with Crippen LogP contribution in [0.25, 0.3) is 0 Å². The maximum atomic E-state index is 13.7. The third kappa shape index (κ3) is 7.00. The summed E-state index contributed by atoms with van der Waals surface area (Å²) in [5.41, 5.74) is 3.64. The molecule has 3 rings (SSSR count). The van der Waals surface area contributed by atoms with E-state index in [0.29, 0.717) is 5.56 Å². The second-order valence-corrected chi connectivity index (χ2v) is 10.9. The lowest BCUT2D eigenvalue weighted by Gasteiger charge is -2.39. The number of benzene rings is 2. The number of anilines is 1. The zero-order chi connectivity index (χ0) is 25.1. The minimum absolute atomic E-state index is 0.113. The summed E-state index contributed by atoms with van der Waals surface area (Å²) in [5, 5.41) is 20.7. The third-order valence-electron chi connectivity index (χ3n) is 6.29. The smallest absolute Gasteiger partial charge is 0.217 e. The molecule has 0 bridgehead atoms. The summed E-state index contributed by atoms with van der Waals surface area (Å²) < 4.78 is 27.3. The number of carbonyl (C=O) groups is 1. The summed E-state index contributed by atoms with van der Waals surface area (Å²) in [7, 11) is 0. The van der Waals surface area contributed by atoms with Gasteiger partial charge in [-0.05, 0) is 66.5 Å². The number of amides is 1. The van der Waals surface area contributed by atoms with Crippen LogP contribution in [0, 0.1) is 17.0 Å². The molecule has 5 nitrogen and oxygen atoms in total. The van der Waals surface area contributed by atoms with Gasteiger partial charge in [0.05, 0.1) is 12.1 Å². The topological polar surface area (TPSA) is 73.4 Å². The van der Waals surface area contributed by atoms with Gasteiger partial charge in [-0.2, -0.15) is 0 Å². The Bertz CT molecular complexity index is 1000. The maximum Gasteiger partial charge on any atom is 0.217 e. The Morgan fingerprint density at radius 3 is 2.44 bits per heavy atom.